The van der Waals surface area contributed by atoms with Crippen molar-refractivity contribution >= 4 is 17.5 Å². The van der Waals surface area contributed by atoms with Gasteiger partial charge in [0.05, 0.1) is 5.69 Å². The normalized spacial score (nSPS) is 25.6. The second-order valence-electron chi connectivity index (χ2n) is 4.25. The molecule has 0 saturated carbocycles. The summed E-state index contributed by atoms with van der Waals surface area (Å²) in [7, 11) is 0. The monoisotopic (exact) mass is 248 g/mol. The zero-order valence-electron chi connectivity index (χ0n) is 9.42. The molecule has 0 radical (unpaired) electrons. The minimum absolute atomic E-state index is 0.140. The summed E-state index contributed by atoms with van der Waals surface area (Å²) in [6.07, 6.45) is 0. The Hall–Kier alpha value is -2.31. The summed E-state index contributed by atoms with van der Waals surface area (Å²) in [5.74, 6) is -1.50. The molecule has 1 saturated heterocycles. The van der Waals surface area contributed by atoms with Gasteiger partial charge >= 0.3 is 0 Å². The quantitative estimate of drug-likeness (QED) is 0.744. The fourth-order valence-electron chi connectivity index (χ4n) is 2.08. The molecule has 0 bridgehead atoms. The average molecular weight is 248 g/mol. The van der Waals surface area contributed by atoms with Crippen LogP contribution < -0.4 is 10.3 Å². The topological polar surface area (TPSA) is 74.1 Å². The lowest BCUT2D eigenvalue weighted by atomic mass is 10.1. The van der Waals surface area contributed by atoms with E-state index in [0.717, 1.165) is 10.6 Å². The summed E-state index contributed by atoms with van der Waals surface area (Å²) in [5.41, 5.74) is 0.901. The molecule has 1 N–H and O–H groups in total. The largest absolute Gasteiger partial charge is 0.292 e. The Morgan fingerprint density at radius 1 is 1.33 bits per heavy atom. The molecule has 2 amide bonds. The Bertz CT molecular complexity index is 586. The molecular weight excluding hydrogens is 239 g/mol. The number of hydrogen-bond donors (Lipinski definition) is 1. The molecule has 2 unspecified atom stereocenters. The Morgan fingerprint density at radius 3 is 2.83 bits per heavy atom. The summed E-state index contributed by atoms with van der Waals surface area (Å²) in [6.45, 7) is 1.76. The molecule has 18 heavy (non-hydrogen) atoms. The predicted molar refractivity (Wildman–Crippen MR) is 59.2 cm³/mol. The third kappa shape index (κ3) is 1.40. The Labute approximate surface area is 101 Å². The summed E-state index contributed by atoms with van der Waals surface area (Å²) in [6, 6.07) is 2.80. The molecule has 2 aliphatic heterocycles. The minimum Gasteiger partial charge on any atom is -0.292 e. The summed E-state index contributed by atoms with van der Waals surface area (Å²) in [4.78, 5) is 23.0. The highest BCUT2D eigenvalue weighted by molar-refractivity contribution is 6.11. The fourth-order valence-corrected chi connectivity index (χ4v) is 2.08. The molecule has 0 aromatic heterocycles. The zero-order valence-corrected chi connectivity index (χ0v) is 9.42. The average Bonchev–Trinajstić information content (AvgIpc) is 2.83. The molecule has 2 heterocycles. The van der Waals surface area contributed by atoms with Crippen LogP contribution in [0.15, 0.2) is 28.5 Å². The lowest BCUT2D eigenvalue weighted by molar-refractivity contribution is -0.125. The Kier molecular flexibility index (Phi) is 2.16. The van der Waals surface area contributed by atoms with Crippen molar-refractivity contribution in [3.63, 3.8) is 0 Å². The van der Waals surface area contributed by atoms with Crippen LogP contribution in [0.25, 0.3) is 0 Å². The van der Waals surface area contributed by atoms with E-state index >= 15 is 0 Å². The molecule has 2 atom stereocenters. The third-order valence-electron chi connectivity index (χ3n) is 2.97. The highest BCUT2D eigenvalue weighted by atomic mass is 19.1. The van der Waals surface area contributed by atoms with E-state index in [9.17, 15) is 14.0 Å². The van der Waals surface area contributed by atoms with Gasteiger partial charge in [-0.1, -0.05) is 11.3 Å². The maximum Gasteiger partial charge on any atom is 0.256 e. The van der Waals surface area contributed by atoms with Gasteiger partial charge < -0.3 is 0 Å². The van der Waals surface area contributed by atoms with Crippen molar-refractivity contribution in [1.29, 1.82) is 0 Å². The van der Waals surface area contributed by atoms with E-state index in [1.165, 1.54) is 12.1 Å². The van der Waals surface area contributed by atoms with Gasteiger partial charge in [-0.15, -0.1) is 0 Å². The first-order valence-electron chi connectivity index (χ1n) is 5.39. The maximum atomic E-state index is 13.8. The van der Waals surface area contributed by atoms with Crippen LogP contribution in [0, 0.1) is 12.7 Å². The van der Waals surface area contributed by atoms with Gasteiger partial charge in [-0.2, -0.15) is 5.11 Å². The second kappa shape index (κ2) is 3.59. The highest BCUT2D eigenvalue weighted by Crippen LogP contribution is 2.30. The van der Waals surface area contributed by atoms with Crippen LogP contribution >= 0.6 is 0 Å². The molecule has 3 rings (SSSR count). The van der Waals surface area contributed by atoms with E-state index in [4.69, 9.17) is 0 Å². The number of imide groups is 1. The third-order valence-corrected chi connectivity index (χ3v) is 2.97. The molecule has 92 valence electrons. The lowest BCUT2D eigenvalue weighted by Gasteiger charge is -2.18. The SMILES string of the molecule is Cc1ccc(N2N=NC3C(=O)NC(=O)C32)c(F)c1. The number of fused-ring (bicyclic) bond motifs is 1. The Balaban J connectivity index is 2.01. The summed E-state index contributed by atoms with van der Waals surface area (Å²) >= 11 is 0. The molecule has 2 aliphatic rings. The number of carbonyl (C=O) groups is 2. The second-order valence-corrected chi connectivity index (χ2v) is 4.25. The van der Waals surface area contributed by atoms with Crippen LogP contribution in [0.3, 0.4) is 0 Å². The molecule has 1 aromatic rings. The number of carbonyl (C=O) groups excluding carboxylic acids is 2. The van der Waals surface area contributed by atoms with Crippen molar-refractivity contribution in [2.24, 2.45) is 10.3 Å². The highest BCUT2D eigenvalue weighted by Gasteiger charge is 2.50. The number of amides is 2. The van der Waals surface area contributed by atoms with E-state index in [1.54, 1.807) is 13.0 Å². The van der Waals surface area contributed by atoms with Crippen LogP contribution in [0.2, 0.25) is 0 Å². The molecule has 6 nitrogen and oxygen atoms in total. The molecule has 7 heteroatoms. The number of nitrogens with one attached hydrogen (secondary N) is 1. The van der Waals surface area contributed by atoms with Crippen molar-refractivity contribution in [1.82, 2.24) is 5.32 Å². The van der Waals surface area contributed by atoms with Gasteiger partial charge in [-0.25, -0.2) is 9.40 Å². The van der Waals surface area contributed by atoms with Crippen LogP contribution in [-0.2, 0) is 9.59 Å². The van der Waals surface area contributed by atoms with Gasteiger partial charge in [0.1, 0.15) is 5.82 Å². The fraction of sp³-hybridized carbons (Fsp3) is 0.273. The van der Waals surface area contributed by atoms with Gasteiger partial charge in [0.25, 0.3) is 11.8 Å². The van der Waals surface area contributed by atoms with E-state index in [1.807, 2.05) is 0 Å². The van der Waals surface area contributed by atoms with Gasteiger partial charge in [-0.3, -0.25) is 14.9 Å². The number of anilines is 1. The molecular formula is C11H9FN4O2. The number of aryl methyl sites for hydroxylation is 1. The summed E-state index contributed by atoms with van der Waals surface area (Å²) in [5, 5.41) is 10.7. The van der Waals surface area contributed by atoms with Crippen molar-refractivity contribution in [3.05, 3.63) is 29.6 Å². The van der Waals surface area contributed by atoms with Crippen LogP contribution in [0.1, 0.15) is 5.56 Å². The standard InChI is InChI=1S/C11H9FN4O2/c1-5-2-3-7(6(12)4-5)16-9-8(14-15-16)10(17)13-11(9)18/h2-4,8-9H,1H3,(H,13,17,18). The van der Waals surface area contributed by atoms with Crippen LogP contribution in [0.5, 0.6) is 0 Å². The molecule has 0 spiro atoms. The van der Waals surface area contributed by atoms with Crippen LogP contribution in [-0.4, -0.2) is 23.9 Å². The van der Waals surface area contributed by atoms with Crippen molar-refractivity contribution in [2.75, 3.05) is 5.01 Å². The number of benzene rings is 1. The first kappa shape index (κ1) is 10.8. The van der Waals surface area contributed by atoms with Crippen molar-refractivity contribution in [3.8, 4) is 0 Å². The van der Waals surface area contributed by atoms with E-state index in [-0.39, 0.29) is 5.69 Å². The number of rotatable bonds is 1. The van der Waals surface area contributed by atoms with E-state index in [2.05, 4.69) is 15.7 Å². The molecule has 1 aromatic carbocycles. The maximum absolute atomic E-state index is 13.8. The minimum atomic E-state index is -0.880. The van der Waals surface area contributed by atoms with E-state index in [0.29, 0.717) is 0 Å². The van der Waals surface area contributed by atoms with Crippen molar-refractivity contribution in [2.45, 2.75) is 19.0 Å². The first-order chi connectivity index (χ1) is 8.58. The first-order valence-corrected chi connectivity index (χ1v) is 5.39. The van der Waals surface area contributed by atoms with Gasteiger partial charge in [0, 0.05) is 0 Å². The van der Waals surface area contributed by atoms with Crippen molar-refractivity contribution < 1.29 is 14.0 Å². The van der Waals surface area contributed by atoms with Gasteiger partial charge in [0.2, 0.25) is 0 Å². The van der Waals surface area contributed by atoms with Gasteiger partial charge in [0.15, 0.2) is 12.1 Å². The molecule has 0 aliphatic carbocycles. The smallest absolute Gasteiger partial charge is 0.256 e. The predicted octanol–water partition coefficient (Wildman–Crippen LogP) is 0.715. The lowest BCUT2D eigenvalue weighted by Crippen LogP contribution is -2.39. The number of nitrogens with zero attached hydrogens (tertiary/aromatic N) is 3. The number of halogens is 1. The van der Waals surface area contributed by atoms with Crippen LogP contribution in [0.4, 0.5) is 10.1 Å². The van der Waals surface area contributed by atoms with E-state index < -0.39 is 29.7 Å². The molecule has 1 fully saturated rings. The van der Waals surface area contributed by atoms with Gasteiger partial charge in [-0.05, 0) is 24.6 Å². The summed E-state index contributed by atoms with van der Waals surface area (Å²) < 4.78 is 13.8. The Morgan fingerprint density at radius 2 is 2.11 bits per heavy atom. The number of hydrogen-bond acceptors (Lipinski definition) is 5. The zero-order chi connectivity index (χ0) is 12.9.